The molecule has 4 nitrogen and oxygen atoms in total. The second-order valence-corrected chi connectivity index (χ2v) is 5.69. The SMILES string of the molecule is CCCCCOCCCCCN1C(=O)c2ccccc2C1=O. The van der Waals surface area contributed by atoms with E-state index in [9.17, 15) is 9.59 Å². The molecule has 0 aliphatic carbocycles. The van der Waals surface area contributed by atoms with Crippen molar-refractivity contribution >= 4 is 11.8 Å². The van der Waals surface area contributed by atoms with E-state index >= 15 is 0 Å². The molecule has 0 radical (unpaired) electrons. The van der Waals surface area contributed by atoms with Crippen LogP contribution in [0.15, 0.2) is 24.3 Å². The fourth-order valence-corrected chi connectivity index (χ4v) is 2.65. The zero-order chi connectivity index (χ0) is 15.8. The summed E-state index contributed by atoms with van der Waals surface area (Å²) >= 11 is 0. The lowest BCUT2D eigenvalue weighted by Gasteiger charge is -2.13. The second kappa shape index (κ2) is 8.69. The van der Waals surface area contributed by atoms with Crippen LogP contribution in [0.5, 0.6) is 0 Å². The third kappa shape index (κ3) is 4.17. The van der Waals surface area contributed by atoms with Crippen LogP contribution in [-0.4, -0.2) is 36.5 Å². The van der Waals surface area contributed by atoms with Gasteiger partial charge in [-0.15, -0.1) is 0 Å². The van der Waals surface area contributed by atoms with Crippen molar-refractivity contribution in [2.75, 3.05) is 19.8 Å². The molecule has 0 unspecified atom stereocenters. The number of carbonyl (C=O) groups excluding carboxylic acids is 2. The summed E-state index contributed by atoms with van der Waals surface area (Å²) in [5.41, 5.74) is 1.07. The third-order valence-electron chi connectivity index (χ3n) is 3.94. The van der Waals surface area contributed by atoms with E-state index in [0.29, 0.717) is 17.7 Å². The second-order valence-electron chi connectivity index (χ2n) is 5.69. The zero-order valence-electron chi connectivity index (χ0n) is 13.3. The first-order chi connectivity index (χ1) is 10.8. The number of carbonyl (C=O) groups is 2. The average Bonchev–Trinajstić information content (AvgIpc) is 2.78. The van der Waals surface area contributed by atoms with E-state index < -0.39 is 0 Å². The van der Waals surface area contributed by atoms with E-state index in [0.717, 1.165) is 38.9 Å². The number of fused-ring (bicyclic) bond motifs is 1. The lowest BCUT2D eigenvalue weighted by molar-refractivity contribution is 0.0649. The number of rotatable bonds is 10. The number of unbranched alkanes of at least 4 members (excludes halogenated alkanes) is 4. The maximum absolute atomic E-state index is 12.2. The molecule has 0 fully saturated rings. The van der Waals surface area contributed by atoms with E-state index in [1.54, 1.807) is 24.3 Å². The molecule has 0 N–H and O–H groups in total. The molecule has 0 bridgehead atoms. The first-order valence-electron chi connectivity index (χ1n) is 8.28. The van der Waals surface area contributed by atoms with Crippen LogP contribution in [0, 0.1) is 0 Å². The van der Waals surface area contributed by atoms with E-state index in [-0.39, 0.29) is 11.8 Å². The molecule has 1 aliphatic heterocycles. The smallest absolute Gasteiger partial charge is 0.261 e. The maximum atomic E-state index is 12.2. The molecule has 0 spiro atoms. The van der Waals surface area contributed by atoms with Gasteiger partial charge in [0.1, 0.15) is 0 Å². The summed E-state index contributed by atoms with van der Waals surface area (Å²) in [5, 5.41) is 0. The molecule has 2 amide bonds. The van der Waals surface area contributed by atoms with Crippen LogP contribution in [0.4, 0.5) is 0 Å². The van der Waals surface area contributed by atoms with Gasteiger partial charge >= 0.3 is 0 Å². The third-order valence-corrected chi connectivity index (χ3v) is 3.94. The van der Waals surface area contributed by atoms with Gasteiger partial charge in [-0.1, -0.05) is 31.9 Å². The van der Waals surface area contributed by atoms with Crippen molar-refractivity contribution in [3.05, 3.63) is 35.4 Å². The van der Waals surface area contributed by atoms with Gasteiger partial charge in [0.15, 0.2) is 0 Å². The molecule has 0 aromatic heterocycles. The van der Waals surface area contributed by atoms with Crippen molar-refractivity contribution in [2.24, 2.45) is 0 Å². The molecule has 120 valence electrons. The van der Waals surface area contributed by atoms with Gasteiger partial charge in [0.25, 0.3) is 11.8 Å². The van der Waals surface area contributed by atoms with Crippen molar-refractivity contribution in [1.29, 1.82) is 0 Å². The molecule has 1 aromatic carbocycles. The Kier molecular flexibility index (Phi) is 6.59. The van der Waals surface area contributed by atoms with E-state index in [1.165, 1.54) is 17.7 Å². The summed E-state index contributed by atoms with van der Waals surface area (Å²) in [6.07, 6.45) is 6.36. The van der Waals surface area contributed by atoms with Crippen LogP contribution in [0.3, 0.4) is 0 Å². The highest BCUT2D eigenvalue weighted by Gasteiger charge is 2.34. The summed E-state index contributed by atoms with van der Waals surface area (Å²) in [5.74, 6) is -0.312. The van der Waals surface area contributed by atoms with Crippen LogP contribution < -0.4 is 0 Å². The largest absolute Gasteiger partial charge is 0.381 e. The topological polar surface area (TPSA) is 46.6 Å². The number of nitrogens with zero attached hydrogens (tertiary/aromatic N) is 1. The van der Waals surface area contributed by atoms with E-state index in [2.05, 4.69) is 6.92 Å². The minimum atomic E-state index is -0.156. The number of hydrogen-bond acceptors (Lipinski definition) is 3. The fourth-order valence-electron chi connectivity index (χ4n) is 2.65. The molecule has 22 heavy (non-hydrogen) atoms. The Labute approximate surface area is 132 Å². The Hall–Kier alpha value is -1.68. The molecule has 0 saturated carbocycles. The van der Waals surface area contributed by atoms with Crippen LogP contribution in [0.25, 0.3) is 0 Å². The van der Waals surface area contributed by atoms with Gasteiger partial charge in [-0.05, 0) is 37.8 Å². The number of benzene rings is 1. The Bertz CT molecular complexity index is 478. The normalized spacial score (nSPS) is 13.8. The summed E-state index contributed by atoms with van der Waals surface area (Å²) in [6, 6.07) is 7.03. The zero-order valence-corrected chi connectivity index (χ0v) is 13.3. The van der Waals surface area contributed by atoms with Crippen LogP contribution in [0.2, 0.25) is 0 Å². The summed E-state index contributed by atoms with van der Waals surface area (Å²) in [6.45, 7) is 4.29. The lowest BCUT2D eigenvalue weighted by atomic mass is 10.1. The van der Waals surface area contributed by atoms with E-state index in [4.69, 9.17) is 4.74 Å². The van der Waals surface area contributed by atoms with Crippen molar-refractivity contribution in [1.82, 2.24) is 4.90 Å². The van der Waals surface area contributed by atoms with Gasteiger partial charge in [-0.3, -0.25) is 14.5 Å². The van der Waals surface area contributed by atoms with Crippen LogP contribution >= 0.6 is 0 Å². The number of amides is 2. The van der Waals surface area contributed by atoms with Crippen molar-refractivity contribution in [2.45, 2.75) is 45.4 Å². The number of imide groups is 1. The number of ether oxygens (including phenoxy) is 1. The Morgan fingerprint density at radius 3 is 2.05 bits per heavy atom. The van der Waals surface area contributed by atoms with Gasteiger partial charge in [0, 0.05) is 19.8 Å². The Balaban J connectivity index is 1.63. The summed E-state index contributed by atoms with van der Waals surface area (Å²) < 4.78 is 5.55. The Morgan fingerprint density at radius 1 is 0.864 bits per heavy atom. The molecule has 2 rings (SSSR count). The first-order valence-corrected chi connectivity index (χ1v) is 8.28. The molecule has 0 saturated heterocycles. The number of hydrogen-bond donors (Lipinski definition) is 0. The lowest BCUT2D eigenvalue weighted by Crippen LogP contribution is -2.30. The van der Waals surface area contributed by atoms with Gasteiger partial charge in [0.05, 0.1) is 11.1 Å². The molecule has 1 aromatic rings. The van der Waals surface area contributed by atoms with Crippen molar-refractivity contribution in [3.63, 3.8) is 0 Å². The van der Waals surface area contributed by atoms with Gasteiger partial charge < -0.3 is 4.74 Å². The first kappa shape index (κ1) is 16.7. The molecular weight excluding hydrogens is 278 g/mol. The van der Waals surface area contributed by atoms with Gasteiger partial charge in [-0.25, -0.2) is 0 Å². The monoisotopic (exact) mass is 303 g/mol. The van der Waals surface area contributed by atoms with Crippen LogP contribution in [-0.2, 0) is 4.74 Å². The highest BCUT2D eigenvalue weighted by atomic mass is 16.5. The van der Waals surface area contributed by atoms with Crippen molar-refractivity contribution in [3.8, 4) is 0 Å². The van der Waals surface area contributed by atoms with Gasteiger partial charge in [0.2, 0.25) is 0 Å². The minimum absolute atomic E-state index is 0.156. The minimum Gasteiger partial charge on any atom is -0.381 e. The molecular formula is C18H25NO3. The highest BCUT2D eigenvalue weighted by molar-refractivity contribution is 6.21. The molecule has 0 atom stereocenters. The van der Waals surface area contributed by atoms with Crippen LogP contribution in [0.1, 0.15) is 66.2 Å². The average molecular weight is 303 g/mol. The maximum Gasteiger partial charge on any atom is 0.261 e. The predicted octanol–water partition coefficient (Wildman–Crippen LogP) is 3.66. The summed E-state index contributed by atoms with van der Waals surface area (Å²) in [4.78, 5) is 25.7. The highest BCUT2D eigenvalue weighted by Crippen LogP contribution is 2.22. The fraction of sp³-hybridized carbons (Fsp3) is 0.556. The van der Waals surface area contributed by atoms with Gasteiger partial charge in [-0.2, -0.15) is 0 Å². The van der Waals surface area contributed by atoms with E-state index in [1.807, 2.05) is 0 Å². The summed E-state index contributed by atoms with van der Waals surface area (Å²) in [7, 11) is 0. The quantitative estimate of drug-likeness (QED) is 0.489. The predicted molar refractivity (Wildman–Crippen MR) is 86.0 cm³/mol. The molecule has 4 heteroatoms. The standard InChI is InChI=1S/C18H25NO3/c1-2-3-8-13-22-14-9-4-7-12-19-17(20)15-10-5-6-11-16(15)18(19)21/h5-6,10-11H,2-4,7-9,12-14H2,1H3. The molecule has 1 aliphatic rings. The Morgan fingerprint density at radius 2 is 1.45 bits per heavy atom. The molecule has 1 heterocycles. The van der Waals surface area contributed by atoms with Crippen molar-refractivity contribution < 1.29 is 14.3 Å².